The van der Waals surface area contributed by atoms with Crippen molar-refractivity contribution in [2.75, 3.05) is 13.1 Å². The van der Waals surface area contributed by atoms with Gasteiger partial charge in [-0.15, -0.1) is 10.2 Å². The highest BCUT2D eigenvalue weighted by molar-refractivity contribution is 6.31. The highest BCUT2D eigenvalue weighted by Gasteiger charge is 2.34. The van der Waals surface area contributed by atoms with E-state index in [4.69, 9.17) is 11.6 Å². The van der Waals surface area contributed by atoms with E-state index >= 15 is 0 Å². The third-order valence-electron chi connectivity index (χ3n) is 5.47. The first kappa shape index (κ1) is 17.5. The number of carbonyl (C=O) groups excluding carboxylic acids is 1. The average Bonchev–Trinajstić information content (AvgIpc) is 3.04. The summed E-state index contributed by atoms with van der Waals surface area (Å²) >= 11 is 6.26. The number of amides is 1. The lowest BCUT2D eigenvalue weighted by Crippen LogP contribution is -2.42. The van der Waals surface area contributed by atoms with Crippen LogP contribution in [-0.2, 0) is 24.3 Å². The zero-order chi connectivity index (χ0) is 18.1. The summed E-state index contributed by atoms with van der Waals surface area (Å²) in [4.78, 5) is 14.8. The number of carbonyl (C=O) groups is 1. The van der Waals surface area contributed by atoms with E-state index in [-0.39, 0.29) is 11.9 Å². The molecule has 2 aliphatic heterocycles. The fraction of sp³-hybridized carbons (Fsp3) is 0.526. The number of hydrogen-bond donors (Lipinski definition) is 1. The number of nitrogens with one attached hydrogen (secondary N) is 1. The molecular formula is C19H24ClN5O. The van der Waals surface area contributed by atoms with Crippen LogP contribution in [0.15, 0.2) is 24.3 Å². The Labute approximate surface area is 158 Å². The van der Waals surface area contributed by atoms with Gasteiger partial charge in [0.05, 0.1) is 6.54 Å². The van der Waals surface area contributed by atoms with Gasteiger partial charge in [0.2, 0.25) is 5.91 Å². The number of piperidine rings is 1. The standard InChI is InChI=1S/C19H24ClN5O/c1-13-19(26)24(11-15-4-2-3-5-16(15)20)12-18-23-22-17(25(13)18)10-14-6-8-21-9-7-14/h2-5,13-14,21H,6-12H2,1H3/t13-/m0/s1. The molecule has 1 atom stereocenters. The number of rotatable bonds is 4. The van der Waals surface area contributed by atoms with Crippen LogP contribution in [0.25, 0.3) is 0 Å². The van der Waals surface area contributed by atoms with Gasteiger partial charge in [0, 0.05) is 18.0 Å². The molecule has 1 saturated heterocycles. The quantitative estimate of drug-likeness (QED) is 0.894. The molecule has 0 saturated carbocycles. The molecule has 26 heavy (non-hydrogen) atoms. The Kier molecular flexibility index (Phi) is 4.96. The van der Waals surface area contributed by atoms with Crippen LogP contribution < -0.4 is 5.32 Å². The van der Waals surface area contributed by atoms with Gasteiger partial charge in [0.25, 0.3) is 0 Å². The molecule has 1 N–H and O–H groups in total. The lowest BCUT2D eigenvalue weighted by atomic mass is 9.94. The van der Waals surface area contributed by atoms with Crippen LogP contribution in [0.2, 0.25) is 5.02 Å². The van der Waals surface area contributed by atoms with E-state index in [1.165, 1.54) is 0 Å². The molecular weight excluding hydrogens is 350 g/mol. The van der Waals surface area contributed by atoms with Crippen LogP contribution in [0.3, 0.4) is 0 Å². The predicted molar refractivity (Wildman–Crippen MR) is 99.7 cm³/mol. The number of halogens is 1. The van der Waals surface area contributed by atoms with Gasteiger partial charge < -0.3 is 14.8 Å². The van der Waals surface area contributed by atoms with Crippen LogP contribution in [0, 0.1) is 5.92 Å². The summed E-state index contributed by atoms with van der Waals surface area (Å²) in [6.07, 6.45) is 3.21. The molecule has 1 aromatic carbocycles. The van der Waals surface area contributed by atoms with Crippen molar-refractivity contribution in [3.63, 3.8) is 0 Å². The van der Waals surface area contributed by atoms with Crippen LogP contribution in [0.1, 0.15) is 43.0 Å². The van der Waals surface area contributed by atoms with Gasteiger partial charge in [-0.1, -0.05) is 29.8 Å². The van der Waals surface area contributed by atoms with Crippen molar-refractivity contribution in [3.8, 4) is 0 Å². The van der Waals surface area contributed by atoms with Gasteiger partial charge in [-0.25, -0.2) is 0 Å². The molecule has 0 unspecified atom stereocenters. The Bertz CT molecular complexity index is 799. The highest BCUT2D eigenvalue weighted by atomic mass is 35.5. The average molecular weight is 374 g/mol. The molecule has 0 aliphatic carbocycles. The first-order valence-corrected chi connectivity index (χ1v) is 9.67. The van der Waals surface area contributed by atoms with Crippen molar-refractivity contribution < 1.29 is 4.79 Å². The minimum absolute atomic E-state index is 0.101. The molecule has 2 aromatic rings. The summed E-state index contributed by atoms with van der Waals surface area (Å²) in [5, 5.41) is 12.9. The van der Waals surface area contributed by atoms with Crippen molar-refractivity contribution in [3.05, 3.63) is 46.5 Å². The first-order valence-electron chi connectivity index (χ1n) is 9.29. The Morgan fingerprint density at radius 3 is 2.77 bits per heavy atom. The van der Waals surface area contributed by atoms with E-state index in [0.29, 0.717) is 24.0 Å². The molecule has 1 fully saturated rings. The van der Waals surface area contributed by atoms with Crippen molar-refractivity contribution in [1.29, 1.82) is 0 Å². The number of aromatic nitrogens is 3. The van der Waals surface area contributed by atoms with E-state index in [1.807, 2.05) is 40.7 Å². The minimum atomic E-state index is -0.270. The fourth-order valence-corrected chi connectivity index (χ4v) is 4.18. The number of benzene rings is 1. The monoisotopic (exact) mass is 373 g/mol. The van der Waals surface area contributed by atoms with Gasteiger partial charge in [0.1, 0.15) is 11.9 Å². The van der Waals surface area contributed by atoms with E-state index in [9.17, 15) is 4.79 Å². The SMILES string of the molecule is C[C@H]1C(=O)N(Cc2ccccc2Cl)Cc2nnc(CC3CCNCC3)n21. The third-order valence-corrected chi connectivity index (χ3v) is 5.84. The molecule has 0 bridgehead atoms. The largest absolute Gasteiger partial charge is 0.329 e. The molecule has 1 aromatic heterocycles. The van der Waals surface area contributed by atoms with Crippen molar-refractivity contribution >= 4 is 17.5 Å². The normalized spacial score (nSPS) is 21.1. The van der Waals surface area contributed by atoms with E-state index in [0.717, 1.165) is 49.6 Å². The summed E-state index contributed by atoms with van der Waals surface area (Å²) in [6, 6.07) is 7.39. The second-order valence-corrected chi connectivity index (χ2v) is 7.67. The summed E-state index contributed by atoms with van der Waals surface area (Å²) < 4.78 is 2.05. The first-order chi connectivity index (χ1) is 12.6. The number of nitrogens with zero attached hydrogens (tertiary/aromatic N) is 4. The van der Waals surface area contributed by atoms with Crippen LogP contribution >= 0.6 is 11.6 Å². The van der Waals surface area contributed by atoms with Crippen LogP contribution in [0.5, 0.6) is 0 Å². The van der Waals surface area contributed by atoms with E-state index in [2.05, 4.69) is 15.5 Å². The van der Waals surface area contributed by atoms with Crippen LogP contribution in [0.4, 0.5) is 0 Å². The minimum Gasteiger partial charge on any atom is -0.329 e. The van der Waals surface area contributed by atoms with E-state index < -0.39 is 0 Å². The second-order valence-electron chi connectivity index (χ2n) is 7.26. The second kappa shape index (κ2) is 7.37. The molecule has 2 aliphatic rings. The topological polar surface area (TPSA) is 63.1 Å². The number of hydrogen-bond acceptors (Lipinski definition) is 4. The Hall–Kier alpha value is -1.92. The molecule has 6 nitrogen and oxygen atoms in total. The molecule has 1 amide bonds. The maximum absolute atomic E-state index is 12.9. The molecule has 4 rings (SSSR count). The number of fused-ring (bicyclic) bond motifs is 1. The maximum atomic E-state index is 12.9. The van der Waals surface area contributed by atoms with Gasteiger partial charge >= 0.3 is 0 Å². The zero-order valence-electron chi connectivity index (χ0n) is 15.0. The summed E-state index contributed by atoms with van der Waals surface area (Å²) in [5.41, 5.74) is 0.956. The molecule has 138 valence electrons. The van der Waals surface area contributed by atoms with Gasteiger partial charge in [-0.05, 0) is 50.4 Å². The summed E-state index contributed by atoms with van der Waals surface area (Å²) in [6.45, 7) is 5.05. The Balaban J connectivity index is 1.53. The van der Waals surface area contributed by atoms with Gasteiger partial charge in [-0.3, -0.25) is 4.79 Å². The van der Waals surface area contributed by atoms with Crippen LogP contribution in [-0.4, -0.2) is 38.7 Å². The van der Waals surface area contributed by atoms with E-state index in [1.54, 1.807) is 0 Å². The molecule has 3 heterocycles. The third kappa shape index (κ3) is 3.35. The Morgan fingerprint density at radius 2 is 2.00 bits per heavy atom. The van der Waals surface area contributed by atoms with Gasteiger partial charge in [0.15, 0.2) is 5.82 Å². The van der Waals surface area contributed by atoms with Crippen molar-refractivity contribution in [2.24, 2.45) is 5.92 Å². The fourth-order valence-electron chi connectivity index (χ4n) is 3.99. The van der Waals surface area contributed by atoms with Crippen molar-refractivity contribution in [2.45, 2.75) is 45.3 Å². The maximum Gasteiger partial charge on any atom is 0.246 e. The molecule has 0 radical (unpaired) electrons. The molecule has 0 spiro atoms. The predicted octanol–water partition coefficient (Wildman–Crippen LogP) is 2.58. The lowest BCUT2D eigenvalue weighted by molar-refractivity contribution is -0.137. The Morgan fingerprint density at radius 1 is 1.23 bits per heavy atom. The highest BCUT2D eigenvalue weighted by Crippen LogP contribution is 2.28. The molecule has 7 heteroatoms. The summed E-state index contributed by atoms with van der Waals surface area (Å²) in [5.74, 6) is 2.54. The smallest absolute Gasteiger partial charge is 0.246 e. The van der Waals surface area contributed by atoms with Gasteiger partial charge in [-0.2, -0.15) is 0 Å². The lowest BCUT2D eigenvalue weighted by Gasteiger charge is -2.33. The zero-order valence-corrected chi connectivity index (χ0v) is 15.7. The summed E-state index contributed by atoms with van der Waals surface area (Å²) in [7, 11) is 0. The van der Waals surface area contributed by atoms with Crippen molar-refractivity contribution in [1.82, 2.24) is 25.0 Å².